The van der Waals surface area contributed by atoms with Crippen molar-refractivity contribution in [3.8, 4) is 0 Å². The molecule has 2 N–H and O–H groups in total. The fourth-order valence-corrected chi connectivity index (χ4v) is 3.52. The number of imidazole rings is 1. The molecule has 0 atom stereocenters. The molecule has 0 bridgehead atoms. The van der Waals surface area contributed by atoms with Crippen molar-refractivity contribution in [1.82, 2.24) is 24.4 Å². The Morgan fingerprint density at radius 2 is 1.81 bits per heavy atom. The van der Waals surface area contributed by atoms with Crippen LogP contribution in [0.5, 0.6) is 0 Å². The monoisotopic (exact) mass is 510 g/mol. The van der Waals surface area contributed by atoms with Crippen LogP contribution in [-0.2, 0) is 27.4 Å². The Morgan fingerprint density at radius 3 is 2.39 bits per heavy atom. The number of nitrogens with zero attached hydrogens (tertiary/aromatic N) is 5. The summed E-state index contributed by atoms with van der Waals surface area (Å²) < 4.78 is 39.9. The van der Waals surface area contributed by atoms with Crippen LogP contribution in [0.25, 0.3) is 11.2 Å². The fourth-order valence-electron chi connectivity index (χ4n) is 3.52. The number of nitrogens with one attached hydrogen (secondary N) is 1. The topological polar surface area (TPSA) is 132 Å². The third-order valence-electron chi connectivity index (χ3n) is 5.14. The number of carbonyl (C=O) groups is 2. The lowest BCUT2D eigenvalue weighted by Gasteiger charge is -2.28. The zero-order chi connectivity index (χ0) is 26.3. The molecule has 0 unspecified atom stereocenters. The predicted molar refractivity (Wildman–Crippen MR) is 123 cm³/mol. The molecule has 3 aromatic rings. The number of piperazine rings is 1. The van der Waals surface area contributed by atoms with Gasteiger partial charge in [-0.25, -0.2) is 9.78 Å². The molecule has 1 saturated heterocycles. The quantitative estimate of drug-likeness (QED) is 0.470. The number of aromatic nitrogens is 4. The molecule has 0 amide bonds. The number of rotatable bonds is 6. The summed E-state index contributed by atoms with van der Waals surface area (Å²) in [6, 6.07) is 9.93. The third-order valence-corrected chi connectivity index (χ3v) is 5.14. The summed E-state index contributed by atoms with van der Waals surface area (Å²) in [7, 11) is 0. The molecular formula is C22H25F3N6O5. The molecule has 194 valence electrons. The van der Waals surface area contributed by atoms with Crippen LogP contribution < -0.4 is 15.8 Å². The minimum atomic E-state index is -5.08. The zero-order valence-electron chi connectivity index (χ0n) is 19.4. The number of alkyl halides is 3. The van der Waals surface area contributed by atoms with Crippen LogP contribution in [0.3, 0.4) is 0 Å². The van der Waals surface area contributed by atoms with Crippen molar-refractivity contribution >= 4 is 29.1 Å². The molecule has 1 fully saturated rings. The maximum Gasteiger partial charge on any atom is 0.490 e. The Hall–Kier alpha value is -3.94. The summed E-state index contributed by atoms with van der Waals surface area (Å²) in [5.41, 5.74) is 1.55. The maximum absolute atomic E-state index is 13.2. The van der Waals surface area contributed by atoms with E-state index in [9.17, 15) is 22.8 Å². The number of hydrogen-bond donors (Lipinski definition) is 2. The van der Waals surface area contributed by atoms with Gasteiger partial charge in [0.2, 0.25) is 5.95 Å². The van der Waals surface area contributed by atoms with Gasteiger partial charge in [0.15, 0.2) is 11.2 Å². The fraction of sp³-hybridized carbons (Fsp3) is 0.409. The molecule has 14 heteroatoms. The van der Waals surface area contributed by atoms with E-state index in [2.05, 4.69) is 20.2 Å². The van der Waals surface area contributed by atoms with Gasteiger partial charge in [-0.2, -0.15) is 18.2 Å². The Labute approximate surface area is 203 Å². The van der Waals surface area contributed by atoms with Crippen molar-refractivity contribution < 1.29 is 32.6 Å². The van der Waals surface area contributed by atoms with E-state index in [1.807, 2.05) is 34.9 Å². The van der Waals surface area contributed by atoms with E-state index in [0.717, 1.165) is 37.7 Å². The number of ether oxygens (including phenoxy) is 1. The van der Waals surface area contributed by atoms with Crippen LogP contribution in [0, 0.1) is 0 Å². The molecule has 3 heterocycles. The highest BCUT2D eigenvalue weighted by molar-refractivity contribution is 5.75. The number of aliphatic carboxylic acids is 1. The van der Waals surface area contributed by atoms with Gasteiger partial charge < -0.3 is 20.1 Å². The van der Waals surface area contributed by atoms with Gasteiger partial charge in [0, 0.05) is 26.2 Å². The number of hydrogen-bond acceptors (Lipinski definition) is 8. The molecule has 1 aliphatic heterocycles. The lowest BCUT2D eigenvalue weighted by Crippen LogP contribution is -2.44. The van der Waals surface area contributed by atoms with Crippen LogP contribution in [-0.4, -0.2) is 75.1 Å². The highest BCUT2D eigenvalue weighted by atomic mass is 19.4. The molecule has 1 aliphatic rings. The van der Waals surface area contributed by atoms with Crippen LogP contribution >= 0.6 is 0 Å². The molecule has 36 heavy (non-hydrogen) atoms. The van der Waals surface area contributed by atoms with E-state index < -0.39 is 18.1 Å². The summed E-state index contributed by atoms with van der Waals surface area (Å²) in [4.78, 5) is 45.2. The van der Waals surface area contributed by atoms with Crippen molar-refractivity contribution in [2.75, 3.05) is 37.7 Å². The van der Waals surface area contributed by atoms with Gasteiger partial charge in [0.05, 0.1) is 13.2 Å². The van der Waals surface area contributed by atoms with E-state index >= 15 is 0 Å². The number of esters is 1. The maximum atomic E-state index is 13.2. The number of fused-ring (bicyclic) bond motifs is 1. The van der Waals surface area contributed by atoms with Crippen molar-refractivity contribution in [1.29, 1.82) is 0 Å². The minimum absolute atomic E-state index is 0.172. The summed E-state index contributed by atoms with van der Waals surface area (Å²) in [6.07, 6.45) is -3.72. The second-order valence-corrected chi connectivity index (χ2v) is 7.68. The number of benzene rings is 1. The number of anilines is 1. The first-order valence-corrected chi connectivity index (χ1v) is 11.0. The average Bonchev–Trinajstić information content (AvgIpc) is 3.21. The second kappa shape index (κ2) is 11.7. The van der Waals surface area contributed by atoms with E-state index in [-0.39, 0.29) is 18.7 Å². The van der Waals surface area contributed by atoms with Gasteiger partial charge in [0.1, 0.15) is 12.9 Å². The Bertz CT molecular complexity index is 1250. The van der Waals surface area contributed by atoms with E-state index in [1.165, 1.54) is 10.9 Å². The molecule has 0 saturated carbocycles. The van der Waals surface area contributed by atoms with Crippen molar-refractivity contribution in [3.05, 3.63) is 52.6 Å². The van der Waals surface area contributed by atoms with E-state index in [4.69, 9.17) is 14.6 Å². The van der Waals surface area contributed by atoms with Gasteiger partial charge in [0.25, 0.3) is 5.56 Å². The van der Waals surface area contributed by atoms with Crippen LogP contribution in [0.15, 0.2) is 41.5 Å². The summed E-state index contributed by atoms with van der Waals surface area (Å²) >= 11 is 0. The molecule has 1 aromatic carbocycles. The Balaban J connectivity index is 0.000000454. The first-order chi connectivity index (χ1) is 17.1. The molecule has 4 rings (SSSR count). The molecule has 0 spiro atoms. The molecule has 11 nitrogen and oxygen atoms in total. The van der Waals surface area contributed by atoms with Crippen molar-refractivity contribution in [2.45, 2.75) is 26.2 Å². The normalized spacial score (nSPS) is 13.7. The highest BCUT2D eigenvalue weighted by Gasteiger charge is 2.38. The zero-order valence-corrected chi connectivity index (χ0v) is 19.4. The first-order valence-electron chi connectivity index (χ1n) is 11.0. The largest absolute Gasteiger partial charge is 0.490 e. The van der Waals surface area contributed by atoms with Crippen LogP contribution in [0.1, 0.15) is 12.5 Å². The van der Waals surface area contributed by atoms with E-state index in [1.54, 1.807) is 6.92 Å². The van der Waals surface area contributed by atoms with Gasteiger partial charge in [-0.1, -0.05) is 30.3 Å². The average molecular weight is 510 g/mol. The van der Waals surface area contributed by atoms with Gasteiger partial charge in [-0.15, -0.1) is 0 Å². The number of carbonyl (C=O) groups excluding carboxylic acids is 1. The number of carboxylic acid groups (broad SMARTS) is 1. The Kier molecular flexibility index (Phi) is 8.64. The number of halogens is 3. The molecule has 0 aliphatic carbocycles. The van der Waals surface area contributed by atoms with Crippen molar-refractivity contribution in [3.63, 3.8) is 0 Å². The predicted octanol–water partition coefficient (Wildman–Crippen LogP) is 1.25. The number of carboxylic acids is 1. The van der Waals surface area contributed by atoms with Gasteiger partial charge in [-0.05, 0) is 12.5 Å². The first kappa shape index (κ1) is 26.7. The van der Waals surface area contributed by atoms with Crippen LogP contribution in [0.4, 0.5) is 19.1 Å². The summed E-state index contributed by atoms with van der Waals surface area (Å²) in [5, 5.41) is 10.5. The SMILES string of the molecule is CCOC(=O)Cn1cnc2nc(N3CCNCC3)n(Cc3ccccc3)c2c1=O.O=C(O)C(F)(F)F. The molecular weight excluding hydrogens is 485 g/mol. The summed E-state index contributed by atoms with van der Waals surface area (Å²) in [6.45, 7) is 5.64. The molecule has 2 aromatic heterocycles. The standard InChI is InChI=1S/C20H24N6O3.C2HF3O2/c1-2-29-16(27)13-25-14-22-18-17(19(25)28)26(12-15-6-4-3-5-7-15)20(23-18)24-10-8-21-9-11-24;3-2(4,5)1(6)7/h3-7,14,21H,2,8-13H2,1H3;(H,6,7). The highest BCUT2D eigenvalue weighted by Crippen LogP contribution is 2.21. The van der Waals surface area contributed by atoms with Crippen LogP contribution in [0.2, 0.25) is 0 Å². The minimum Gasteiger partial charge on any atom is -0.475 e. The third kappa shape index (κ3) is 6.59. The smallest absolute Gasteiger partial charge is 0.475 e. The summed E-state index contributed by atoms with van der Waals surface area (Å²) in [5.74, 6) is -2.50. The van der Waals surface area contributed by atoms with E-state index in [0.29, 0.717) is 17.7 Å². The lowest BCUT2D eigenvalue weighted by molar-refractivity contribution is -0.192. The lowest BCUT2D eigenvalue weighted by atomic mass is 10.2. The van der Waals surface area contributed by atoms with Crippen molar-refractivity contribution in [2.24, 2.45) is 0 Å². The second-order valence-electron chi connectivity index (χ2n) is 7.68. The molecule has 0 radical (unpaired) electrons. The Morgan fingerprint density at radius 1 is 1.17 bits per heavy atom. The van der Waals surface area contributed by atoms with Gasteiger partial charge >= 0.3 is 18.1 Å². The van der Waals surface area contributed by atoms with Gasteiger partial charge in [-0.3, -0.25) is 18.7 Å².